The number of hydrogen-bond donors (Lipinski definition) is 2. The van der Waals surface area contributed by atoms with Crippen molar-refractivity contribution < 1.29 is 9.90 Å². The zero-order valence-corrected chi connectivity index (χ0v) is 10.2. The van der Waals surface area contributed by atoms with Crippen LogP contribution in [-0.2, 0) is 4.79 Å². The molecule has 0 bridgehead atoms. The predicted molar refractivity (Wildman–Crippen MR) is 69.7 cm³/mol. The van der Waals surface area contributed by atoms with Crippen molar-refractivity contribution in [2.24, 2.45) is 0 Å². The molecule has 1 aromatic rings. The standard InChI is InChI=1S/C14H18N2O2/c17-13-6-2-1-5-12(13)16-14(18)8-7-11-4-3-9-15-10-11/h3-4,7-10,12-13,17H,1-2,5-6H2,(H,16,18). The lowest BCUT2D eigenvalue weighted by Crippen LogP contribution is -2.44. The number of hydrogen-bond acceptors (Lipinski definition) is 3. The van der Waals surface area contributed by atoms with Gasteiger partial charge in [-0.2, -0.15) is 0 Å². The number of carbonyl (C=O) groups is 1. The third-order valence-corrected chi connectivity index (χ3v) is 3.17. The summed E-state index contributed by atoms with van der Waals surface area (Å²) in [4.78, 5) is 15.7. The molecule has 2 atom stereocenters. The Kier molecular flexibility index (Phi) is 4.47. The van der Waals surface area contributed by atoms with E-state index < -0.39 is 6.10 Å². The van der Waals surface area contributed by atoms with Crippen LogP contribution < -0.4 is 5.32 Å². The van der Waals surface area contributed by atoms with Gasteiger partial charge in [0.25, 0.3) is 0 Å². The number of nitrogens with zero attached hydrogens (tertiary/aromatic N) is 1. The summed E-state index contributed by atoms with van der Waals surface area (Å²) in [5.41, 5.74) is 0.886. The van der Waals surface area contributed by atoms with E-state index in [9.17, 15) is 9.90 Å². The molecule has 18 heavy (non-hydrogen) atoms. The second-order valence-corrected chi connectivity index (χ2v) is 4.59. The number of amides is 1. The molecule has 0 aromatic carbocycles. The molecule has 96 valence electrons. The molecule has 1 aliphatic carbocycles. The third-order valence-electron chi connectivity index (χ3n) is 3.17. The van der Waals surface area contributed by atoms with E-state index in [1.165, 1.54) is 6.08 Å². The molecule has 2 rings (SSSR count). The maximum atomic E-state index is 11.7. The van der Waals surface area contributed by atoms with Crippen molar-refractivity contribution in [3.8, 4) is 0 Å². The van der Waals surface area contributed by atoms with Crippen molar-refractivity contribution >= 4 is 12.0 Å². The van der Waals surface area contributed by atoms with Crippen molar-refractivity contribution in [1.82, 2.24) is 10.3 Å². The first-order valence-electron chi connectivity index (χ1n) is 6.32. The molecule has 1 amide bonds. The van der Waals surface area contributed by atoms with Crippen LogP contribution in [0.5, 0.6) is 0 Å². The van der Waals surface area contributed by atoms with Gasteiger partial charge in [-0.05, 0) is 30.5 Å². The molecule has 2 unspecified atom stereocenters. The molecular weight excluding hydrogens is 228 g/mol. The molecule has 0 radical (unpaired) electrons. The highest BCUT2D eigenvalue weighted by atomic mass is 16.3. The van der Waals surface area contributed by atoms with Gasteiger partial charge >= 0.3 is 0 Å². The molecule has 4 nitrogen and oxygen atoms in total. The van der Waals surface area contributed by atoms with Gasteiger partial charge in [-0.25, -0.2) is 0 Å². The van der Waals surface area contributed by atoms with Gasteiger partial charge in [0.1, 0.15) is 0 Å². The molecule has 1 aliphatic rings. The number of pyridine rings is 1. The first-order valence-corrected chi connectivity index (χ1v) is 6.32. The normalized spacial score (nSPS) is 24.1. The minimum Gasteiger partial charge on any atom is -0.391 e. The van der Waals surface area contributed by atoms with Crippen LogP contribution in [0.1, 0.15) is 31.2 Å². The van der Waals surface area contributed by atoms with E-state index in [-0.39, 0.29) is 11.9 Å². The SMILES string of the molecule is O=C(C=Cc1cccnc1)NC1CCCCC1O. The van der Waals surface area contributed by atoms with Crippen LogP contribution in [0.3, 0.4) is 0 Å². The first-order chi connectivity index (χ1) is 8.75. The Bertz CT molecular complexity index is 417. The van der Waals surface area contributed by atoms with Crippen molar-refractivity contribution in [3.63, 3.8) is 0 Å². The quantitative estimate of drug-likeness (QED) is 0.795. The van der Waals surface area contributed by atoms with Gasteiger partial charge in [0.05, 0.1) is 12.1 Å². The van der Waals surface area contributed by atoms with E-state index in [1.807, 2.05) is 12.1 Å². The van der Waals surface area contributed by atoms with Crippen LogP contribution in [0.15, 0.2) is 30.6 Å². The maximum Gasteiger partial charge on any atom is 0.244 e. The van der Waals surface area contributed by atoms with Crippen molar-refractivity contribution in [2.75, 3.05) is 0 Å². The number of aliphatic hydroxyl groups excluding tert-OH is 1. The van der Waals surface area contributed by atoms with Crippen molar-refractivity contribution in [2.45, 2.75) is 37.8 Å². The fraction of sp³-hybridized carbons (Fsp3) is 0.429. The first kappa shape index (κ1) is 12.8. The van der Waals surface area contributed by atoms with Crippen LogP contribution in [0.2, 0.25) is 0 Å². The number of aliphatic hydroxyl groups is 1. The molecule has 0 aliphatic heterocycles. The molecule has 1 fully saturated rings. The van der Waals surface area contributed by atoms with Gasteiger partial charge in [0.2, 0.25) is 5.91 Å². The average Bonchev–Trinajstić information content (AvgIpc) is 2.40. The summed E-state index contributed by atoms with van der Waals surface area (Å²) in [6, 6.07) is 3.60. The van der Waals surface area contributed by atoms with Crippen LogP contribution in [-0.4, -0.2) is 28.1 Å². The molecule has 0 saturated heterocycles. The minimum atomic E-state index is -0.408. The second-order valence-electron chi connectivity index (χ2n) is 4.59. The van der Waals surface area contributed by atoms with E-state index in [4.69, 9.17) is 0 Å². The molecule has 1 heterocycles. The Balaban J connectivity index is 1.86. The van der Waals surface area contributed by atoms with E-state index in [0.29, 0.717) is 0 Å². The molecule has 2 N–H and O–H groups in total. The van der Waals surface area contributed by atoms with E-state index >= 15 is 0 Å². The van der Waals surface area contributed by atoms with Crippen molar-refractivity contribution in [1.29, 1.82) is 0 Å². The summed E-state index contributed by atoms with van der Waals surface area (Å²) in [5, 5.41) is 12.6. The van der Waals surface area contributed by atoms with Crippen LogP contribution in [0, 0.1) is 0 Å². The fourth-order valence-electron chi connectivity index (χ4n) is 2.16. The van der Waals surface area contributed by atoms with Gasteiger partial charge in [-0.15, -0.1) is 0 Å². The van der Waals surface area contributed by atoms with Crippen LogP contribution >= 0.6 is 0 Å². The summed E-state index contributed by atoms with van der Waals surface area (Å²) >= 11 is 0. The van der Waals surface area contributed by atoms with Crippen LogP contribution in [0.25, 0.3) is 6.08 Å². The number of aromatic nitrogens is 1. The van der Waals surface area contributed by atoms with Gasteiger partial charge in [-0.1, -0.05) is 18.9 Å². The molecule has 0 spiro atoms. The Morgan fingerprint density at radius 3 is 3.00 bits per heavy atom. The Hall–Kier alpha value is -1.68. The summed E-state index contributed by atoms with van der Waals surface area (Å²) in [6.45, 7) is 0. The average molecular weight is 246 g/mol. The molecule has 1 aromatic heterocycles. The largest absolute Gasteiger partial charge is 0.391 e. The second kappa shape index (κ2) is 6.31. The highest BCUT2D eigenvalue weighted by Crippen LogP contribution is 2.18. The van der Waals surface area contributed by atoms with Crippen LogP contribution in [0.4, 0.5) is 0 Å². The summed E-state index contributed by atoms with van der Waals surface area (Å²) in [5.74, 6) is -0.162. The maximum absolute atomic E-state index is 11.7. The fourth-order valence-corrected chi connectivity index (χ4v) is 2.16. The summed E-state index contributed by atoms with van der Waals surface area (Å²) in [6.07, 6.45) is 9.91. The monoisotopic (exact) mass is 246 g/mol. The Morgan fingerprint density at radius 1 is 1.44 bits per heavy atom. The smallest absolute Gasteiger partial charge is 0.244 e. The summed E-state index contributed by atoms with van der Waals surface area (Å²) in [7, 11) is 0. The van der Waals surface area contributed by atoms with E-state index in [0.717, 1.165) is 31.2 Å². The number of carbonyl (C=O) groups excluding carboxylic acids is 1. The van der Waals surface area contributed by atoms with Gasteiger partial charge in [0, 0.05) is 18.5 Å². The zero-order chi connectivity index (χ0) is 12.8. The van der Waals surface area contributed by atoms with Gasteiger partial charge in [-0.3, -0.25) is 9.78 Å². The lowest BCUT2D eigenvalue weighted by Gasteiger charge is -2.27. The van der Waals surface area contributed by atoms with Crippen molar-refractivity contribution in [3.05, 3.63) is 36.2 Å². The topological polar surface area (TPSA) is 62.2 Å². The van der Waals surface area contributed by atoms with E-state index in [2.05, 4.69) is 10.3 Å². The third kappa shape index (κ3) is 3.67. The zero-order valence-electron chi connectivity index (χ0n) is 10.2. The lowest BCUT2D eigenvalue weighted by molar-refractivity contribution is -0.118. The van der Waals surface area contributed by atoms with E-state index in [1.54, 1.807) is 18.5 Å². The molecular formula is C14H18N2O2. The highest BCUT2D eigenvalue weighted by molar-refractivity contribution is 5.91. The lowest BCUT2D eigenvalue weighted by atomic mass is 9.92. The molecule has 1 saturated carbocycles. The minimum absolute atomic E-state index is 0.107. The Morgan fingerprint density at radius 2 is 2.28 bits per heavy atom. The van der Waals surface area contributed by atoms with Gasteiger partial charge in [0.15, 0.2) is 0 Å². The summed E-state index contributed by atoms with van der Waals surface area (Å²) < 4.78 is 0. The number of rotatable bonds is 3. The number of nitrogens with one attached hydrogen (secondary N) is 1. The van der Waals surface area contributed by atoms with Gasteiger partial charge < -0.3 is 10.4 Å². The Labute approximate surface area is 107 Å². The predicted octanol–water partition coefficient (Wildman–Crippen LogP) is 1.51. The molecule has 4 heteroatoms. The highest BCUT2D eigenvalue weighted by Gasteiger charge is 2.23.